The van der Waals surface area contributed by atoms with Gasteiger partial charge in [-0.2, -0.15) is 0 Å². The highest BCUT2D eigenvalue weighted by Crippen LogP contribution is 2.24. The van der Waals surface area contributed by atoms with Crippen LogP contribution in [0.1, 0.15) is 35.6 Å². The van der Waals surface area contributed by atoms with Gasteiger partial charge in [0.15, 0.2) is 0 Å². The summed E-state index contributed by atoms with van der Waals surface area (Å²) in [5.41, 5.74) is 2.05. The van der Waals surface area contributed by atoms with Gasteiger partial charge >= 0.3 is 5.97 Å². The first kappa shape index (κ1) is 14.5. The molecule has 1 heterocycles. The highest BCUT2D eigenvalue weighted by molar-refractivity contribution is 5.92. The lowest BCUT2D eigenvalue weighted by atomic mass is 10.1. The van der Waals surface area contributed by atoms with Crippen LogP contribution in [0.4, 0.5) is 0 Å². The van der Waals surface area contributed by atoms with Gasteiger partial charge in [0.1, 0.15) is 5.82 Å². The van der Waals surface area contributed by atoms with Crippen LogP contribution in [0.2, 0.25) is 0 Å². The van der Waals surface area contributed by atoms with E-state index in [1.165, 1.54) is 0 Å². The molecule has 1 aromatic heterocycles. The van der Waals surface area contributed by atoms with E-state index < -0.39 is 5.97 Å². The number of hydrogen-bond acceptors (Lipinski definition) is 3. The number of nitrogens with zero attached hydrogens (tertiary/aromatic N) is 3. The summed E-state index contributed by atoms with van der Waals surface area (Å²) >= 11 is 0. The molecule has 0 fully saturated rings. The molecule has 0 spiro atoms. The second-order valence-electron chi connectivity index (χ2n) is 5.48. The van der Waals surface area contributed by atoms with Crippen LogP contribution >= 0.6 is 0 Å². The van der Waals surface area contributed by atoms with E-state index in [1.54, 1.807) is 18.2 Å². The van der Waals surface area contributed by atoms with E-state index in [0.717, 1.165) is 29.8 Å². The summed E-state index contributed by atoms with van der Waals surface area (Å²) < 4.78 is 2.13. The molecule has 1 N–H and O–H groups in total. The number of carboxylic acids is 1. The van der Waals surface area contributed by atoms with E-state index in [9.17, 15) is 4.79 Å². The van der Waals surface area contributed by atoms with Crippen molar-refractivity contribution in [3.63, 3.8) is 0 Å². The average Bonchev–Trinajstić information content (AvgIpc) is 2.70. The maximum Gasteiger partial charge on any atom is 0.335 e. The molecule has 0 saturated heterocycles. The van der Waals surface area contributed by atoms with Crippen LogP contribution in [-0.4, -0.2) is 46.2 Å². The Morgan fingerprint density at radius 1 is 1.45 bits per heavy atom. The standard InChI is InChI=1S/C15H21N3O2/c1-10(7-8-17(3)4)18-11(2)16-13-6-5-12(15(19)20)9-14(13)18/h5-6,9-10H,7-8H2,1-4H3,(H,19,20). The molecule has 5 heteroatoms. The molecule has 0 aliphatic carbocycles. The van der Waals surface area contributed by atoms with Crippen molar-refractivity contribution in [3.8, 4) is 0 Å². The summed E-state index contributed by atoms with van der Waals surface area (Å²) in [4.78, 5) is 17.8. The van der Waals surface area contributed by atoms with Gasteiger partial charge in [0.25, 0.3) is 0 Å². The van der Waals surface area contributed by atoms with Gasteiger partial charge in [0.05, 0.1) is 16.6 Å². The van der Waals surface area contributed by atoms with E-state index in [-0.39, 0.29) is 6.04 Å². The summed E-state index contributed by atoms with van der Waals surface area (Å²) in [6.07, 6.45) is 0.997. The third kappa shape index (κ3) is 2.82. The van der Waals surface area contributed by atoms with Gasteiger partial charge < -0.3 is 14.6 Å². The van der Waals surface area contributed by atoms with E-state index in [1.807, 2.05) is 21.0 Å². The SMILES string of the molecule is Cc1nc2ccc(C(=O)O)cc2n1C(C)CCN(C)C. The number of aromatic nitrogens is 2. The molecule has 0 aliphatic heterocycles. The third-order valence-corrected chi connectivity index (χ3v) is 3.55. The molecule has 108 valence electrons. The average molecular weight is 275 g/mol. The van der Waals surface area contributed by atoms with Crippen molar-refractivity contribution in [3.05, 3.63) is 29.6 Å². The first-order valence-electron chi connectivity index (χ1n) is 6.76. The molecule has 20 heavy (non-hydrogen) atoms. The van der Waals surface area contributed by atoms with Crippen molar-refractivity contribution in [1.29, 1.82) is 0 Å². The van der Waals surface area contributed by atoms with Crippen LogP contribution in [0, 0.1) is 6.92 Å². The Balaban J connectivity index is 2.42. The molecule has 0 amide bonds. The maximum atomic E-state index is 11.1. The zero-order valence-electron chi connectivity index (χ0n) is 12.4. The van der Waals surface area contributed by atoms with Gasteiger partial charge in [-0.3, -0.25) is 0 Å². The Bertz CT molecular complexity index is 631. The predicted molar refractivity (Wildman–Crippen MR) is 79.3 cm³/mol. The lowest BCUT2D eigenvalue weighted by Gasteiger charge is -2.19. The predicted octanol–water partition coefficient (Wildman–Crippen LogP) is 2.56. The molecule has 1 unspecified atom stereocenters. The lowest BCUT2D eigenvalue weighted by molar-refractivity contribution is 0.0697. The summed E-state index contributed by atoms with van der Waals surface area (Å²) in [6.45, 7) is 5.09. The van der Waals surface area contributed by atoms with Crippen LogP contribution in [0.5, 0.6) is 0 Å². The van der Waals surface area contributed by atoms with Gasteiger partial charge in [-0.05, 0) is 59.1 Å². The third-order valence-electron chi connectivity index (χ3n) is 3.55. The molecular weight excluding hydrogens is 254 g/mol. The van der Waals surface area contributed by atoms with E-state index >= 15 is 0 Å². The number of rotatable bonds is 5. The van der Waals surface area contributed by atoms with Crippen LogP contribution in [-0.2, 0) is 0 Å². The molecule has 2 aromatic rings. The van der Waals surface area contributed by atoms with Crippen LogP contribution in [0.3, 0.4) is 0 Å². The minimum atomic E-state index is -0.904. The van der Waals surface area contributed by atoms with Gasteiger partial charge in [-0.15, -0.1) is 0 Å². The number of aryl methyl sites for hydroxylation is 1. The molecule has 1 aromatic carbocycles. The van der Waals surface area contributed by atoms with Crippen molar-refractivity contribution in [2.75, 3.05) is 20.6 Å². The van der Waals surface area contributed by atoms with Crippen molar-refractivity contribution >= 4 is 17.0 Å². The van der Waals surface area contributed by atoms with Gasteiger partial charge in [-0.25, -0.2) is 9.78 Å². The molecule has 0 saturated carbocycles. The van der Waals surface area contributed by atoms with Crippen molar-refractivity contribution in [2.45, 2.75) is 26.3 Å². The number of fused-ring (bicyclic) bond motifs is 1. The molecule has 2 rings (SSSR count). The number of aromatic carboxylic acids is 1. The molecule has 1 atom stereocenters. The van der Waals surface area contributed by atoms with Gasteiger partial charge in [-0.1, -0.05) is 0 Å². The fourth-order valence-electron chi connectivity index (χ4n) is 2.48. The van der Waals surface area contributed by atoms with E-state index in [0.29, 0.717) is 5.56 Å². The lowest BCUT2D eigenvalue weighted by Crippen LogP contribution is -2.18. The normalized spacial score (nSPS) is 13.1. The van der Waals surface area contributed by atoms with Crippen molar-refractivity contribution in [1.82, 2.24) is 14.5 Å². The Morgan fingerprint density at radius 2 is 2.15 bits per heavy atom. The highest BCUT2D eigenvalue weighted by atomic mass is 16.4. The Hall–Kier alpha value is -1.88. The monoisotopic (exact) mass is 275 g/mol. The molecule has 0 bridgehead atoms. The molecular formula is C15H21N3O2. The summed E-state index contributed by atoms with van der Waals surface area (Å²) in [7, 11) is 4.10. The Labute approximate surface area is 118 Å². The van der Waals surface area contributed by atoms with Gasteiger partial charge in [0, 0.05) is 6.04 Å². The topological polar surface area (TPSA) is 58.4 Å². The van der Waals surface area contributed by atoms with Crippen molar-refractivity contribution in [2.24, 2.45) is 0 Å². The number of carboxylic acid groups (broad SMARTS) is 1. The summed E-state index contributed by atoms with van der Waals surface area (Å²) in [6, 6.07) is 5.38. The van der Waals surface area contributed by atoms with E-state index in [2.05, 4.69) is 21.4 Å². The molecule has 0 aliphatic rings. The van der Waals surface area contributed by atoms with Crippen LogP contribution in [0.25, 0.3) is 11.0 Å². The number of benzene rings is 1. The smallest absolute Gasteiger partial charge is 0.335 e. The number of imidazole rings is 1. The highest BCUT2D eigenvalue weighted by Gasteiger charge is 2.15. The zero-order valence-corrected chi connectivity index (χ0v) is 12.4. The fourth-order valence-corrected chi connectivity index (χ4v) is 2.48. The first-order chi connectivity index (χ1) is 9.40. The van der Waals surface area contributed by atoms with Crippen LogP contribution < -0.4 is 0 Å². The molecule has 5 nitrogen and oxygen atoms in total. The largest absolute Gasteiger partial charge is 0.478 e. The van der Waals surface area contributed by atoms with Gasteiger partial charge in [0.2, 0.25) is 0 Å². The fraction of sp³-hybridized carbons (Fsp3) is 0.467. The second-order valence-corrected chi connectivity index (χ2v) is 5.48. The number of carbonyl (C=O) groups is 1. The zero-order chi connectivity index (χ0) is 14.9. The first-order valence-corrected chi connectivity index (χ1v) is 6.76. The Kier molecular flexibility index (Phi) is 4.09. The van der Waals surface area contributed by atoms with E-state index in [4.69, 9.17) is 5.11 Å². The molecule has 0 radical (unpaired) electrons. The quantitative estimate of drug-likeness (QED) is 0.911. The minimum Gasteiger partial charge on any atom is -0.478 e. The minimum absolute atomic E-state index is 0.284. The number of hydrogen-bond donors (Lipinski definition) is 1. The Morgan fingerprint density at radius 3 is 2.75 bits per heavy atom. The second kappa shape index (κ2) is 5.63. The maximum absolute atomic E-state index is 11.1. The van der Waals surface area contributed by atoms with Crippen LogP contribution in [0.15, 0.2) is 18.2 Å². The van der Waals surface area contributed by atoms with Crippen molar-refractivity contribution < 1.29 is 9.90 Å². The summed E-state index contributed by atoms with van der Waals surface area (Å²) in [5, 5.41) is 9.12. The summed E-state index contributed by atoms with van der Waals surface area (Å²) in [5.74, 6) is 0.0204.